The molecular weight excluding hydrogens is 1060 g/mol. The molecule has 0 saturated heterocycles. The minimum Gasteiger partial charge on any atom is -0.509 e. The second-order valence-electron chi connectivity index (χ2n) is 24.9. The molecule has 1 aliphatic heterocycles. The zero-order valence-corrected chi connectivity index (χ0v) is 47.7. The summed E-state index contributed by atoms with van der Waals surface area (Å²) in [5.41, 5.74) is 13.1. The van der Waals surface area contributed by atoms with E-state index >= 15 is 0 Å². The standard InChI is InChI=1S/C66H73N4O.Pt/c1-61(2,3)46-31-32-67-60(39-46)70-57-30-27-47(65(13,14)44-23-19-17-20-24-44)38-56(57)55-29-28-53(41-58(55)70)71-54-37-49(63(7,8)9)34-51(40-54)68-42-59(64(10,11)12)69(43-68)52-35-48(62(4,5)6)33-50(36-52)66(15,16)45-25-21-18-22-26-45;/h17-39,42-43H,1-16H3;/q-3;. The number of fused-ring (bicyclic) bond motifs is 3. The molecule has 0 radical (unpaired) electrons. The molecule has 0 atom stereocenters. The van der Waals surface area contributed by atoms with Gasteiger partial charge in [-0.25, -0.2) is 4.98 Å². The Morgan fingerprint density at radius 3 is 1.65 bits per heavy atom. The van der Waals surface area contributed by atoms with Crippen molar-refractivity contribution in [3.05, 3.63) is 209 Å². The van der Waals surface area contributed by atoms with E-state index in [0.717, 1.165) is 44.6 Å². The second kappa shape index (κ2) is 18.9. The quantitative estimate of drug-likeness (QED) is 0.135. The molecule has 0 aliphatic carbocycles. The van der Waals surface area contributed by atoms with Crippen molar-refractivity contribution < 1.29 is 25.8 Å². The van der Waals surface area contributed by atoms with Crippen molar-refractivity contribution >= 4 is 33.2 Å². The number of nitrogens with zero attached hydrogens (tertiary/aromatic N) is 4. The van der Waals surface area contributed by atoms with Crippen LogP contribution in [0.1, 0.15) is 150 Å². The largest absolute Gasteiger partial charge is 0.509 e. The van der Waals surface area contributed by atoms with E-state index in [1.165, 1.54) is 39.1 Å². The van der Waals surface area contributed by atoms with Crippen LogP contribution in [0.15, 0.2) is 152 Å². The molecule has 3 heterocycles. The summed E-state index contributed by atoms with van der Waals surface area (Å²) in [7, 11) is 0. The van der Waals surface area contributed by atoms with Crippen molar-refractivity contribution in [1.82, 2.24) is 9.55 Å². The molecule has 0 amide bonds. The third-order valence-electron chi connectivity index (χ3n) is 14.7. The van der Waals surface area contributed by atoms with Gasteiger partial charge in [0, 0.05) is 71.9 Å². The topological polar surface area (TPSA) is 33.5 Å². The Hall–Kier alpha value is -5.90. The molecule has 5 nitrogen and oxygen atoms in total. The molecule has 6 heteroatoms. The van der Waals surface area contributed by atoms with Crippen LogP contribution < -0.4 is 14.5 Å². The van der Waals surface area contributed by atoms with Crippen LogP contribution in [-0.2, 0) is 48.1 Å². The molecule has 0 N–H and O–H groups in total. The average Bonchev–Trinajstić information content (AvgIpc) is 3.92. The molecule has 72 heavy (non-hydrogen) atoms. The number of pyridine rings is 1. The summed E-state index contributed by atoms with van der Waals surface area (Å²) in [6, 6.07) is 56.1. The maximum Gasteiger partial charge on any atom is 0.135 e. The summed E-state index contributed by atoms with van der Waals surface area (Å²) in [5.74, 6) is 2.09. The van der Waals surface area contributed by atoms with E-state index in [0.29, 0.717) is 11.5 Å². The van der Waals surface area contributed by atoms with Crippen molar-refractivity contribution in [2.24, 2.45) is 5.41 Å². The first-order chi connectivity index (χ1) is 33.2. The van der Waals surface area contributed by atoms with E-state index in [1.807, 2.05) is 6.20 Å². The second-order valence-corrected chi connectivity index (χ2v) is 24.9. The van der Waals surface area contributed by atoms with Crippen molar-refractivity contribution in [1.29, 1.82) is 0 Å². The van der Waals surface area contributed by atoms with Crippen molar-refractivity contribution in [2.45, 2.75) is 138 Å². The molecule has 8 aromatic rings. The van der Waals surface area contributed by atoms with Crippen LogP contribution in [0.2, 0.25) is 0 Å². The Morgan fingerprint density at radius 2 is 1.06 bits per heavy atom. The van der Waals surface area contributed by atoms with Gasteiger partial charge in [-0.3, -0.25) is 0 Å². The predicted octanol–water partition coefficient (Wildman–Crippen LogP) is 17.4. The molecule has 6 aromatic carbocycles. The minimum atomic E-state index is -0.215. The third kappa shape index (κ3) is 10.2. The van der Waals surface area contributed by atoms with E-state index in [9.17, 15) is 0 Å². The first-order valence-electron chi connectivity index (χ1n) is 25.4. The number of rotatable bonds is 9. The van der Waals surface area contributed by atoms with E-state index in [1.54, 1.807) is 0 Å². The Labute approximate surface area is 445 Å². The zero-order valence-electron chi connectivity index (χ0n) is 45.4. The molecular formula is C66H73N4OPt-3. The van der Waals surface area contributed by atoms with Crippen LogP contribution in [0.4, 0.5) is 11.4 Å². The van der Waals surface area contributed by atoms with Gasteiger partial charge >= 0.3 is 0 Å². The first-order valence-corrected chi connectivity index (χ1v) is 25.4. The van der Waals surface area contributed by atoms with E-state index < -0.39 is 0 Å². The fourth-order valence-corrected chi connectivity index (χ4v) is 9.79. The van der Waals surface area contributed by atoms with E-state index in [-0.39, 0.29) is 53.6 Å². The number of anilines is 2. The van der Waals surface area contributed by atoms with Crippen LogP contribution in [0, 0.1) is 24.2 Å². The van der Waals surface area contributed by atoms with Gasteiger partial charge in [0.25, 0.3) is 0 Å². The number of hydrogen-bond donors (Lipinski definition) is 0. The van der Waals surface area contributed by atoms with Crippen LogP contribution >= 0.6 is 0 Å². The third-order valence-corrected chi connectivity index (χ3v) is 14.7. The van der Waals surface area contributed by atoms with Gasteiger partial charge in [0.2, 0.25) is 0 Å². The maximum atomic E-state index is 6.96. The van der Waals surface area contributed by atoms with Gasteiger partial charge in [-0.1, -0.05) is 195 Å². The summed E-state index contributed by atoms with van der Waals surface area (Å²) in [6.45, 7) is 38.8. The minimum absolute atomic E-state index is 0. The Bertz CT molecular complexity index is 3300. The molecule has 0 fully saturated rings. The maximum absolute atomic E-state index is 6.96. The molecule has 9 rings (SSSR count). The number of benzene rings is 6. The van der Waals surface area contributed by atoms with Crippen molar-refractivity contribution in [3.63, 3.8) is 0 Å². The summed E-state index contributed by atoms with van der Waals surface area (Å²) in [6.07, 6.45) is 4.20. The van der Waals surface area contributed by atoms with Gasteiger partial charge in [0.1, 0.15) is 5.82 Å². The number of allylic oxidation sites excluding steroid dienone is 1. The van der Waals surface area contributed by atoms with Gasteiger partial charge in [-0.05, 0) is 91.5 Å². The molecule has 1 aliphatic rings. The van der Waals surface area contributed by atoms with Gasteiger partial charge in [0.05, 0.1) is 0 Å². The zero-order chi connectivity index (χ0) is 51.1. The van der Waals surface area contributed by atoms with E-state index in [2.05, 4.69) is 284 Å². The fourth-order valence-electron chi connectivity index (χ4n) is 9.79. The SMILES string of the molecule is CC(C)(C)C1=CN(c2[c-]c(Oc3[c-]c4c(cc3)c3cc(C(C)(C)c5ccccc5)ccc3n4-c3cc(C(C)(C)C)ccn3)cc(C(C)(C)C)c2)[CH-]N1c1cc(C(C)(C)C)cc(C(C)(C)c2ccccc2)c1.[Pt]. The first kappa shape index (κ1) is 52.4. The molecule has 0 saturated carbocycles. The van der Waals surface area contributed by atoms with Crippen LogP contribution in [0.3, 0.4) is 0 Å². The normalized spacial score (nSPS) is 14.0. The van der Waals surface area contributed by atoms with Gasteiger partial charge < -0.3 is 19.1 Å². The molecule has 2 aromatic heterocycles. The van der Waals surface area contributed by atoms with Crippen molar-refractivity contribution in [2.75, 3.05) is 9.80 Å². The van der Waals surface area contributed by atoms with Crippen LogP contribution in [0.25, 0.3) is 27.6 Å². The average molecular weight is 1130 g/mol. The monoisotopic (exact) mass is 1130 g/mol. The Kier molecular flexibility index (Phi) is 13.7. The van der Waals surface area contributed by atoms with Crippen LogP contribution in [0.5, 0.6) is 11.5 Å². The molecule has 376 valence electrons. The molecule has 0 bridgehead atoms. The Morgan fingerprint density at radius 1 is 0.472 bits per heavy atom. The number of aromatic nitrogens is 2. The fraction of sp³-hybridized carbons (Fsp3) is 0.333. The number of hydrogen-bond acceptors (Lipinski definition) is 4. The van der Waals surface area contributed by atoms with Crippen molar-refractivity contribution in [3.8, 4) is 17.3 Å². The summed E-state index contributed by atoms with van der Waals surface area (Å²) >= 11 is 0. The summed E-state index contributed by atoms with van der Waals surface area (Å²) in [4.78, 5) is 9.60. The summed E-state index contributed by atoms with van der Waals surface area (Å²) < 4.78 is 9.21. The Balaban J connectivity index is 0.00000693. The smallest absolute Gasteiger partial charge is 0.135 e. The number of ether oxygens (including phenoxy) is 1. The van der Waals surface area contributed by atoms with Gasteiger partial charge in [0.15, 0.2) is 0 Å². The predicted molar refractivity (Wildman–Crippen MR) is 299 cm³/mol. The van der Waals surface area contributed by atoms with Crippen LogP contribution in [-0.4, -0.2) is 9.55 Å². The van der Waals surface area contributed by atoms with Gasteiger partial charge in [-0.2, -0.15) is 6.07 Å². The molecule has 0 unspecified atom stereocenters. The summed E-state index contributed by atoms with van der Waals surface area (Å²) in [5, 5.41) is 2.24. The van der Waals surface area contributed by atoms with Gasteiger partial charge in [-0.15, -0.1) is 53.6 Å². The molecule has 0 spiro atoms. The van der Waals surface area contributed by atoms with E-state index in [4.69, 9.17) is 9.72 Å².